The Labute approximate surface area is 249 Å². The van der Waals surface area contributed by atoms with E-state index in [1.165, 1.54) is 0 Å². The van der Waals surface area contributed by atoms with Crippen molar-refractivity contribution in [2.24, 2.45) is 0 Å². The zero-order valence-corrected chi connectivity index (χ0v) is 24.9. The number of amides is 2. The van der Waals surface area contributed by atoms with E-state index >= 15 is 0 Å². The van der Waals surface area contributed by atoms with Crippen molar-refractivity contribution in [3.05, 3.63) is 70.8 Å². The van der Waals surface area contributed by atoms with Crippen LogP contribution in [0.1, 0.15) is 50.7 Å². The Morgan fingerprint density at radius 1 is 0.571 bits per heavy atom. The van der Waals surface area contributed by atoms with Gasteiger partial charge in [0.25, 0.3) is 11.8 Å². The summed E-state index contributed by atoms with van der Waals surface area (Å²) < 4.78 is 11.0. The highest BCUT2D eigenvalue weighted by Crippen LogP contribution is 2.47. The molecule has 2 fully saturated rings. The van der Waals surface area contributed by atoms with E-state index in [9.17, 15) is 9.59 Å². The van der Waals surface area contributed by atoms with Gasteiger partial charge in [-0.3, -0.25) is 9.59 Å². The van der Waals surface area contributed by atoms with E-state index in [0.29, 0.717) is 24.2 Å². The van der Waals surface area contributed by atoms with Gasteiger partial charge < -0.3 is 29.1 Å². The zero-order chi connectivity index (χ0) is 29.1. The molecular weight excluding hydrogens is 528 g/mol. The molecule has 2 saturated heterocycles. The Balaban J connectivity index is 1.43. The second kappa shape index (κ2) is 12.7. The molecule has 0 unspecified atom stereocenters. The number of carbonyl (C=O) groups is 2. The third-order valence-corrected chi connectivity index (χ3v) is 8.69. The largest absolute Gasteiger partial charge is 0.378 e. The first-order valence-electron chi connectivity index (χ1n) is 15.6. The van der Waals surface area contributed by atoms with Crippen molar-refractivity contribution in [3.8, 4) is 0 Å². The normalized spacial score (nSPS) is 19.5. The lowest BCUT2D eigenvalue weighted by Gasteiger charge is -2.29. The molecule has 4 aliphatic rings. The van der Waals surface area contributed by atoms with Crippen molar-refractivity contribution in [1.82, 2.24) is 9.80 Å². The van der Waals surface area contributed by atoms with Gasteiger partial charge in [0.1, 0.15) is 0 Å². The summed E-state index contributed by atoms with van der Waals surface area (Å²) in [5, 5.41) is 0. The summed E-state index contributed by atoms with van der Waals surface area (Å²) >= 11 is 0. The lowest BCUT2D eigenvalue weighted by Crippen LogP contribution is -2.36. The molecule has 0 bridgehead atoms. The lowest BCUT2D eigenvalue weighted by atomic mass is 10.0. The molecule has 0 saturated carbocycles. The van der Waals surface area contributed by atoms with Crippen LogP contribution in [0.3, 0.4) is 0 Å². The molecule has 8 nitrogen and oxygen atoms in total. The van der Waals surface area contributed by atoms with Crippen LogP contribution < -0.4 is 9.80 Å². The van der Waals surface area contributed by atoms with Crippen molar-refractivity contribution in [2.45, 2.75) is 39.5 Å². The highest BCUT2D eigenvalue weighted by molar-refractivity contribution is 6.30. The molecule has 6 rings (SSSR count). The van der Waals surface area contributed by atoms with Crippen LogP contribution in [0.2, 0.25) is 0 Å². The van der Waals surface area contributed by atoms with Gasteiger partial charge in [-0.2, -0.15) is 0 Å². The Morgan fingerprint density at radius 2 is 0.929 bits per heavy atom. The Morgan fingerprint density at radius 3 is 1.26 bits per heavy atom. The van der Waals surface area contributed by atoms with E-state index in [-0.39, 0.29) is 11.8 Å². The number of carbonyl (C=O) groups excluding carboxylic acids is 2. The minimum absolute atomic E-state index is 0.0645. The van der Waals surface area contributed by atoms with Crippen LogP contribution in [0.25, 0.3) is 11.4 Å². The summed E-state index contributed by atoms with van der Waals surface area (Å²) in [7, 11) is 0. The average Bonchev–Trinajstić information content (AvgIpc) is 3.50. The molecule has 2 aromatic rings. The number of rotatable bonds is 10. The highest BCUT2D eigenvalue weighted by Gasteiger charge is 2.48. The third-order valence-electron chi connectivity index (χ3n) is 8.69. The summed E-state index contributed by atoms with van der Waals surface area (Å²) in [6, 6.07) is 16.7. The molecule has 0 aromatic heterocycles. The maximum Gasteiger partial charge on any atom is 0.261 e. The maximum atomic E-state index is 14.3. The third kappa shape index (κ3) is 5.34. The minimum Gasteiger partial charge on any atom is -0.378 e. The second-order valence-electron chi connectivity index (χ2n) is 11.4. The van der Waals surface area contributed by atoms with Gasteiger partial charge in [-0.25, -0.2) is 0 Å². The molecule has 0 radical (unpaired) electrons. The number of benzene rings is 2. The molecule has 222 valence electrons. The number of hydrogen-bond donors (Lipinski definition) is 0. The van der Waals surface area contributed by atoms with Gasteiger partial charge in [0.15, 0.2) is 0 Å². The van der Waals surface area contributed by atoms with Crippen LogP contribution in [0, 0.1) is 0 Å². The predicted molar refractivity (Wildman–Crippen MR) is 166 cm³/mol. The number of nitrogens with zero attached hydrogens (tertiary/aromatic N) is 4. The first-order chi connectivity index (χ1) is 20.6. The fourth-order valence-corrected chi connectivity index (χ4v) is 6.36. The Hall–Kier alpha value is -3.62. The summed E-state index contributed by atoms with van der Waals surface area (Å²) in [5.41, 5.74) is 6.71. The first-order valence-corrected chi connectivity index (χ1v) is 15.6. The van der Waals surface area contributed by atoms with E-state index in [4.69, 9.17) is 9.47 Å². The quantitative estimate of drug-likeness (QED) is 0.410. The monoisotopic (exact) mass is 570 g/mol. The standard InChI is InChI=1S/C34H42N4O4/c1-3-5-15-37-31(25-7-11-27(12-8-25)35-17-21-41-22-18-35)29-30(33(37)39)32(38(34(29)40)16-6-4-2)26-9-13-28(14-10-26)36-19-23-42-24-20-36/h7-14H,3-6,15-24H2,1-2H3. The second-order valence-corrected chi connectivity index (χ2v) is 11.4. The van der Waals surface area contributed by atoms with Crippen LogP contribution in [-0.4, -0.2) is 87.3 Å². The number of unbranched alkanes of at least 4 members (excludes halogenated alkanes) is 2. The minimum atomic E-state index is -0.0645. The molecule has 8 heteroatoms. The summed E-state index contributed by atoms with van der Waals surface area (Å²) in [4.78, 5) is 36.9. The van der Waals surface area contributed by atoms with E-state index in [0.717, 1.165) is 112 Å². The Bertz CT molecular complexity index is 1250. The van der Waals surface area contributed by atoms with Crippen LogP contribution in [0.4, 0.5) is 11.4 Å². The summed E-state index contributed by atoms with van der Waals surface area (Å²) in [6.45, 7) is 11.8. The average molecular weight is 571 g/mol. The molecule has 42 heavy (non-hydrogen) atoms. The fraction of sp³-hybridized carbons (Fsp3) is 0.471. The number of hydrogen-bond acceptors (Lipinski definition) is 6. The van der Waals surface area contributed by atoms with Crippen molar-refractivity contribution in [1.29, 1.82) is 0 Å². The summed E-state index contributed by atoms with van der Waals surface area (Å²) in [6.07, 6.45) is 3.68. The predicted octanol–water partition coefficient (Wildman–Crippen LogP) is 4.77. The molecule has 0 spiro atoms. The molecular formula is C34H42N4O4. The number of morpholine rings is 2. The van der Waals surface area contributed by atoms with Gasteiger partial charge in [0.2, 0.25) is 0 Å². The first kappa shape index (κ1) is 28.5. The van der Waals surface area contributed by atoms with E-state index < -0.39 is 0 Å². The number of ether oxygens (including phenoxy) is 2. The van der Waals surface area contributed by atoms with Gasteiger partial charge in [-0.05, 0) is 48.2 Å². The summed E-state index contributed by atoms with van der Waals surface area (Å²) in [5.74, 6) is -0.129. The SMILES string of the molecule is CCCCN1C(=O)C2=C(c3ccc(N4CCOCC4)cc3)N(CCCC)C(=O)C2=C1c1ccc(N2CCOCC2)cc1. The molecule has 4 heterocycles. The van der Waals surface area contributed by atoms with Gasteiger partial charge in [0, 0.05) is 50.6 Å². The van der Waals surface area contributed by atoms with Crippen LogP contribution in [0.5, 0.6) is 0 Å². The molecule has 2 amide bonds. The molecule has 0 aliphatic carbocycles. The van der Waals surface area contributed by atoms with Crippen LogP contribution in [0.15, 0.2) is 59.7 Å². The van der Waals surface area contributed by atoms with E-state index in [2.05, 4.69) is 72.2 Å². The van der Waals surface area contributed by atoms with Crippen molar-refractivity contribution >= 4 is 34.6 Å². The topological polar surface area (TPSA) is 65.6 Å². The Kier molecular flexibility index (Phi) is 8.63. The van der Waals surface area contributed by atoms with Crippen molar-refractivity contribution in [2.75, 3.05) is 75.5 Å². The van der Waals surface area contributed by atoms with Gasteiger partial charge >= 0.3 is 0 Å². The van der Waals surface area contributed by atoms with Gasteiger partial charge in [-0.15, -0.1) is 0 Å². The van der Waals surface area contributed by atoms with E-state index in [1.54, 1.807) is 0 Å². The lowest BCUT2D eigenvalue weighted by molar-refractivity contribution is -0.124. The van der Waals surface area contributed by atoms with Crippen LogP contribution in [-0.2, 0) is 19.1 Å². The molecule has 0 N–H and O–H groups in total. The fourth-order valence-electron chi connectivity index (χ4n) is 6.36. The highest BCUT2D eigenvalue weighted by atomic mass is 16.5. The zero-order valence-electron chi connectivity index (χ0n) is 24.9. The smallest absolute Gasteiger partial charge is 0.261 e. The van der Waals surface area contributed by atoms with Gasteiger partial charge in [0.05, 0.1) is 49.0 Å². The van der Waals surface area contributed by atoms with Crippen LogP contribution >= 0.6 is 0 Å². The van der Waals surface area contributed by atoms with Crippen molar-refractivity contribution < 1.29 is 19.1 Å². The molecule has 2 aromatic carbocycles. The van der Waals surface area contributed by atoms with Crippen molar-refractivity contribution in [3.63, 3.8) is 0 Å². The molecule has 4 aliphatic heterocycles. The van der Waals surface area contributed by atoms with E-state index in [1.807, 2.05) is 9.80 Å². The number of fused-ring (bicyclic) bond motifs is 1. The van der Waals surface area contributed by atoms with Gasteiger partial charge in [-0.1, -0.05) is 51.0 Å². The molecule has 0 atom stereocenters. The number of anilines is 2. The maximum absolute atomic E-state index is 14.3.